The summed E-state index contributed by atoms with van der Waals surface area (Å²) in [4.78, 5) is 4.35. The van der Waals surface area contributed by atoms with Gasteiger partial charge in [-0.25, -0.2) is 0 Å². The number of rotatable bonds is 3. The number of aromatic hydroxyl groups is 1. The van der Waals surface area contributed by atoms with Crippen LogP contribution in [0.25, 0.3) is 23.1 Å². The van der Waals surface area contributed by atoms with Gasteiger partial charge in [0.2, 0.25) is 0 Å². The van der Waals surface area contributed by atoms with Crippen LogP contribution in [0.3, 0.4) is 0 Å². The van der Waals surface area contributed by atoms with Crippen molar-refractivity contribution in [2.75, 3.05) is 7.11 Å². The Bertz CT molecular complexity index is 804. The lowest BCUT2D eigenvalue weighted by Crippen LogP contribution is -1.84. The number of methoxy groups -OCH3 is 1. The Kier molecular flexibility index (Phi) is 3.56. The predicted octanol–water partition coefficient (Wildman–Crippen LogP) is 4.12. The van der Waals surface area contributed by atoms with Gasteiger partial charge in [-0.3, -0.25) is 4.98 Å². The van der Waals surface area contributed by atoms with E-state index in [1.807, 2.05) is 42.5 Å². The molecule has 0 fully saturated rings. The Morgan fingerprint density at radius 3 is 2.76 bits per heavy atom. The Hall–Kier alpha value is -2.81. The van der Waals surface area contributed by atoms with Gasteiger partial charge in [-0.15, -0.1) is 0 Å². The van der Waals surface area contributed by atoms with Crippen molar-refractivity contribution in [3.63, 3.8) is 0 Å². The minimum Gasteiger partial charge on any atom is -0.504 e. The third-order valence-corrected chi connectivity index (χ3v) is 3.34. The zero-order valence-electron chi connectivity index (χ0n) is 11.7. The number of fused-ring (bicyclic) bond motifs is 1. The average molecular weight is 277 g/mol. The molecule has 1 heterocycles. The van der Waals surface area contributed by atoms with Crippen molar-refractivity contribution in [3.8, 4) is 11.5 Å². The second-order valence-electron chi connectivity index (χ2n) is 4.68. The Morgan fingerprint density at radius 2 is 1.90 bits per heavy atom. The highest BCUT2D eigenvalue weighted by Crippen LogP contribution is 2.27. The summed E-state index contributed by atoms with van der Waals surface area (Å²) >= 11 is 0. The minimum atomic E-state index is 0.143. The molecule has 1 aromatic heterocycles. The molecular formula is C18H15NO2. The van der Waals surface area contributed by atoms with Gasteiger partial charge in [0.15, 0.2) is 11.5 Å². The van der Waals surface area contributed by atoms with Crippen molar-refractivity contribution in [1.29, 1.82) is 0 Å². The number of hydrogen-bond donors (Lipinski definition) is 1. The molecule has 104 valence electrons. The van der Waals surface area contributed by atoms with E-state index < -0.39 is 0 Å². The van der Waals surface area contributed by atoms with E-state index in [9.17, 15) is 5.11 Å². The lowest BCUT2D eigenvalue weighted by Gasteiger charge is -2.04. The van der Waals surface area contributed by atoms with E-state index in [1.165, 1.54) is 0 Å². The smallest absolute Gasteiger partial charge is 0.161 e. The molecule has 3 aromatic rings. The molecule has 3 nitrogen and oxygen atoms in total. The second kappa shape index (κ2) is 5.67. The van der Waals surface area contributed by atoms with Crippen molar-refractivity contribution >= 4 is 23.1 Å². The van der Waals surface area contributed by atoms with E-state index >= 15 is 0 Å². The molecule has 3 heteroatoms. The number of aromatic nitrogens is 1. The van der Waals surface area contributed by atoms with Gasteiger partial charge in [-0.05, 0) is 35.4 Å². The lowest BCUT2D eigenvalue weighted by molar-refractivity contribution is 0.373. The van der Waals surface area contributed by atoms with E-state index in [1.54, 1.807) is 25.4 Å². The van der Waals surface area contributed by atoms with Crippen LogP contribution >= 0.6 is 0 Å². The molecule has 21 heavy (non-hydrogen) atoms. The summed E-state index contributed by atoms with van der Waals surface area (Å²) < 4.78 is 5.11. The lowest BCUT2D eigenvalue weighted by atomic mass is 10.1. The van der Waals surface area contributed by atoms with Crippen molar-refractivity contribution in [2.24, 2.45) is 0 Å². The minimum absolute atomic E-state index is 0.143. The molecule has 2 aromatic carbocycles. The predicted molar refractivity (Wildman–Crippen MR) is 85.3 cm³/mol. The molecule has 0 saturated heterocycles. The molecule has 0 saturated carbocycles. The molecule has 0 amide bonds. The Morgan fingerprint density at radius 1 is 1.05 bits per heavy atom. The summed E-state index contributed by atoms with van der Waals surface area (Å²) in [5, 5.41) is 10.7. The number of phenolic OH excluding ortho intramolecular Hbond substituents is 1. The van der Waals surface area contributed by atoms with Crippen LogP contribution in [0.5, 0.6) is 11.5 Å². The quantitative estimate of drug-likeness (QED) is 0.783. The van der Waals surface area contributed by atoms with Crippen molar-refractivity contribution < 1.29 is 9.84 Å². The van der Waals surface area contributed by atoms with Crippen LogP contribution in [0.15, 0.2) is 54.7 Å². The van der Waals surface area contributed by atoms with E-state index in [0.29, 0.717) is 5.75 Å². The van der Waals surface area contributed by atoms with Gasteiger partial charge >= 0.3 is 0 Å². The summed E-state index contributed by atoms with van der Waals surface area (Å²) in [7, 11) is 1.54. The SMILES string of the molecule is COc1cc(C=Cc2ccnc3ccccc23)ccc1O. The summed E-state index contributed by atoms with van der Waals surface area (Å²) in [6.45, 7) is 0. The highest BCUT2D eigenvalue weighted by Gasteiger charge is 2.01. The van der Waals surface area contributed by atoms with Crippen LogP contribution in [0, 0.1) is 0 Å². The first-order valence-corrected chi connectivity index (χ1v) is 6.67. The van der Waals surface area contributed by atoms with Gasteiger partial charge in [0.25, 0.3) is 0 Å². The third kappa shape index (κ3) is 2.72. The zero-order chi connectivity index (χ0) is 14.7. The second-order valence-corrected chi connectivity index (χ2v) is 4.68. The summed E-state index contributed by atoms with van der Waals surface area (Å²) in [6, 6.07) is 15.3. The molecule has 3 rings (SSSR count). The van der Waals surface area contributed by atoms with Crippen molar-refractivity contribution in [3.05, 3.63) is 65.9 Å². The number of phenols is 1. The normalized spacial score (nSPS) is 11.1. The number of para-hydroxylation sites is 1. The van der Waals surface area contributed by atoms with Gasteiger partial charge in [0.05, 0.1) is 12.6 Å². The van der Waals surface area contributed by atoms with Crippen LogP contribution in [0.1, 0.15) is 11.1 Å². The fourth-order valence-electron chi connectivity index (χ4n) is 2.25. The van der Waals surface area contributed by atoms with Crippen LogP contribution in [0.4, 0.5) is 0 Å². The number of pyridine rings is 1. The van der Waals surface area contributed by atoms with Gasteiger partial charge < -0.3 is 9.84 Å². The average Bonchev–Trinajstić information content (AvgIpc) is 2.54. The van der Waals surface area contributed by atoms with E-state index in [4.69, 9.17) is 4.74 Å². The maximum atomic E-state index is 9.60. The molecule has 0 aliphatic rings. The summed E-state index contributed by atoms with van der Waals surface area (Å²) in [6.07, 6.45) is 5.83. The van der Waals surface area contributed by atoms with Crippen LogP contribution in [0.2, 0.25) is 0 Å². The number of nitrogens with zero attached hydrogens (tertiary/aromatic N) is 1. The largest absolute Gasteiger partial charge is 0.504 e. The molecule has 1 N–H and O–H groups in total. The molecule has 0 unspecified atom stereocenters. The first-order valence-electron chi connectivity index (χ1n) is 6.67. The Balaban J connectivity index is 1.98. The molecule has 0 radical (unpaired) electrons. The van der Waals surface area contributed by atoms with Crippen molar-refractivity contribution in [1.82, 2.24) is 4.98 Å². The van der Waals surface area contributed by atoms with Crippen LogP contribution < -0.4 is 4.74 Å². The van der Waals surface area contributed by atoms with E-state index in [2.05, 4.69) is 11.1 Å². The molecular weight excluding hydrogens is 262 g/mol. The summed E-state index contributed by atoms with van der Waals surface area (Å²) in [5.74, 6) is 0.612. The van der Waals surface area contributed by atoms with Crippen LogP contribution in [-0.2, 0) is 0 Å². The highest BCUT2D eigenvalue weighted by molar-refractivity contribution is 5.90. The fraction of sp³-hybridized carbons (Fsp3) is 0.0556. The molecule has 0 bridgehead atoms. The maximum Gasteiger partial charge on any atom is 0.161 e. The number of ether oxygens (including phenoxy) is 1. The summed E-state index contributed by atoms with van der Waals surface area (Å²) in [5.41, 5.74) is 3.04. The van der Waals surface area contributed by atoms with Gasteiger partial charge in [-0.1, -0.05) is 36.4 Å². The van der Waals surface area contributed by atoms with Gasteiger partial charge in [-0.2, -0.15) is 0 Å². The molecule has 0 aliphatic carbocycles. The van der Waals surface area contributed by atoms with E-state index in [0.717, 1.165) is 22.0 Å². The number of hydrogen-bond acceptors (Lipinski definition) is 3. The molecule has 0 spiro atoms. The fourth-order valence-corrected chi connectivity index (χ4v) is 2.25. The van der Waals surface area contributed by atoms with Gasteiger partial charge in [0, 0.05) is 11.6 Å². The van der Waals surface area contributed by atoms with Crippen LogP contribution in [-0.4, -0.2) is 17.2 Å². The number of benzene rings is 2. The van der Waals surface area contributed by atoms with E-state index in [-0.39, 0.29) is 5.75 Å². The standard InChI is InChI=1S/C18H15NO2/c1-21-18-12-13(7-9-17(18)20)6-8-14-10-11-19-16-5-3-2-4-15(14)16/h2-12,20H,1H3. The van der Waals surface area contributed by atoms with Gasteiger partial charge in [0.1, 0.15) is 0 Å². The van der Waals surface area contributed by atoms with Crippen molar-refractivity contribution in [2.45, 2.75) is 0 Å². The highest BCUT2D eigenvalue weighted by atomic mass is 16.5. The first kappa shape index (κ1) is 13.2. The molecule has 0 atom stereocenters. The third-order valence-electron chi connectivity index (χ3n) is 3.34. The maximum absolute atomic E-state index is 9.60. The first-order chi connectivity index (χ1) is 10.3. The monoisotopic (exact) mass is 277 g/mol. The topological polar surface area (TPSA) is 42.4 Å². The molecule has 0 aliphatic heterocycles. The Labute approximate surface area is 123 Å². The zero-order valence-corrected chi connectivity index (χ0v) is 11.7.